The van der Waals surface area contributed by atoms with Crippen molar-refractivity contribution >= 4 is 23.4 Å². The van der Waals surface area contributed by atoms with Crippen molar-refractivity contribution in [2.45, 2.75) is 13.0 Å². The van der Waals surface area contributed by atoms with Gasteiger partial charge < -0.3 is 20.4 Å². The molecular weight excluding hydrogens is 294 g/mol. The Hall–Kier alpha value is -1.15. The second kappa shape index (κ2) is 7.74. The fourth-order valence-electron chi connectivity index (χ4n) is 2.24. The highest BCUT2D eigenvalue weighted by Gasteiger charge is 2.19. The van der Waals surface area contributed by atoms with E-state index in [1.807, 2.05) is 6.92 Å². The quantitative estimate of drug-likeness (QED) is 0.639. The van der Waals surface area contributed by atoms with Crippen molar-refractivity contribution in [3.63, 3.8) is 0 Å². The molecule has 1 aromatic rings. The Morgan fingerprint density at radius 1 is 1.29 bits per heavy atom. The summed E-state index contributed by atoms with van der Waals surface area (Å²) in [6, 6.07) is 1.62. The number of piperazine rings is 1. The van der Waals surface area contributed by atoms with E-state index in [1.165, 1.54) is 0 Å². The lowest BCUT2D eigenvalue weighted by molar-refractivity contribution is 0.188. The van der Waals surface area contributed by atoms with Crippen LogP contribution < -0.4 is 10.2 Å². The first-order chi connectivity index (χ1) is 10.1. The SMILES string of the molecule is CC(CO)Nc1nc(Cl)cc(N2CCN(CCO)CC2)n1. The van der Waals surface area contributed by atoms with E-state index in [9.17, 15) is 0 Å². The van der Waals surface area contributed by atoms with Gasteiger partial charge in [0.25, 0.3) is 0 Å². The van der Waals surface area contributed by atoms with Crippen molar-refractivity contribution in [1.82, 2.24) is 14.9 Å². The van der Waals surface area contributed by atoms with Crippen LogP contribution in [0.25, 0.3) is 0 Å². The molecule has 0 spiro atoms. The molecule has 0 aromatic carbocycles. The second-order valence-electron chi connectivity index (χ2n) is 5.15. The van der Waals surface area contributed by atoms with Gasteiger partial charge in [0, 0.05) is 44.8 Å². The lowest BCUT2D eigenvalue weighted by Gasteiger charge is -2.35. The summed E-state index contributed by atoms with van der Waals surface area (Å²) in [6.07, 6.45) is 0. The van der Waals surface area contributed by atoms with Crippen molar-refractivity contribution in [1.29, 1.82) is 0 Å². The third kappa shape index (κ3) is 4.67. The zero-order valence-corrected chi connectivity index (χ0v) is 12.9. The number of nitrogens with one attached hydrogen (secondary N) is 1. The van der Waals surface area contributed by atoms with Gasteiger partial charge in [-0.25, -0.2) is 4.98 Å². The number of aliphatic hydroxyl groups excluding tert-OH is 2. The summed E-state index contributed by atoms with van der Waals surface area (Å²) in [5.41, 5.74) is 0. The van der Waals surface area contributed by atoms with Crippen LogP contribution in [0.2, 0.25) is 5.15 Å². The average Bonchev–Trinajstić information content (AvgIpc) is 2.47. The van der Waals surface area contributed by atoms with Crippen LogP contribution in [0.3, 0.4) is 0 Å². The number of halogens is 1. The van der Waals surface area contributed by atoms with Crippen LogP contribution in [-0.2, 0) is 0 Å². The molecule has 1 unspecified atom stereocenters. The zero-order valence-electron chi connectivity index (χ0n) is 12.2. The molecule has 1 atom stereocenters. The van der Waals surface area contributed by atoms with Gasteiger partial charge in [0.15, 0.2) is 0 Å². The topological polar surface area (TPSA) is 84.8 Å². The van der Waals surface area contributed by atoms with E-state index in [1.54, 1.807) is 6.07 Å². The van der Waals surface area contributed by atoms with E-state index in [-0.39, 0.29) is 19.3 Å². The summed E-state index contributed by atoms with van der Waals surface area (Å²) in [5, 5.41) is 21.4. The summed E-state index contributed by atoms with van der Waals surface area (Å²) in [6.45, 7) is 6.19. The van der Waals surface area contributed by atoms with Crippen LogP contribution in [-0.4, -0.2) is 77.1 Å². The van der Waals surface area contributed by atoms with Crippen molar-refractivity contribution in [2.75, 3.05) is 56.2 Å². The van der Waals surface area contributed by atoms with Crippen LogP contribution in [0, 0.1) is 0 Å². The molecule has 21 heavy (non-hydrogen) atoms. The Labute approximate surface area is 129 Å². The molecule has 0 saturated carbocycles. The minimum Gasteiger partial charge on any atom is -0.395 e. The molecule has 2 rings (SSSR count). The monoisotopic (exact) mass is 315 g/mol. The average molecular weight is 316 g/mol. The number of anilines is 2. The Kier molecular flexibility index (Phi) is 5.98. The lowest BCUT2D eigenvalue weighted by atomic mass is 10.3. The first-order valence-corrected chi connectivity index (χ1v) is 7.50. The summed E-state index contributed by atoms with van der Waals surface area (Å²) in [4.78, 5) is 12.9. The number of aromatic nitrogens is 2. The van der Waals surface area contributed by atoms with Gasteiger partial charge in [-0.05, 0) is 6.92 Å². The second-order valence-corrected chi connectivity index (χ2v) is 5.54. The smallest absolute Gasteiger partial charge is 0.226 e. The number of hydrogen-bond donors (Lipinski definition) is 3. The molecule has 118 valence electrons. The Bertz CT molecular complexity index is 454. The Morgan fingerprint density at radius 3 is 2.62 bits per heavy atom. The van der Waals surface area contributed by atoms with Crippen LogP contribution in [0.1, 0.15) is 6.92 Å². The third-order valence-electron chi connectivity index (χ3n) is 3.44. The summed E-state index contributed by atoms with van der Waals surface area (Å²) in [5.74, 6) is 1.21. The van der Waals surface area contributed by atoms with Gasteiger partial charge in [-0.1, -0.05) is 11.6 Å². The molecule has 1 aromatic heterocycles. The molecule has 0 amide bonds. The highest BCUT2D eigenvalue weighted by Crippen LogP contribution is 2.20. The first kappa shape index (κ1) is 16.2. The van der Waals surface area contributed by atoms with Gasteiger partial charge >= 0.3 is 0 Å². The van der Waals surface area contributed by atoms with Gasteiger partial charge in [-0.3, -0.25) is 4.90 Å². The Morgan fingerprint density at radius 2 is 2.00 bits per heavy atom. The predicted molar refractivity (Wildman–Crippen MR) is 83.0 cm³/mol. The highest BCUT2D eigenvalue weighted by atomic mass is 35.5. The fraction of sp³-hybridized carbons (Fsp3) is 0.692. The number of aliphatic hydroxyl groups is 2. The van der Waals surface area contributed by atoms with Gasteiger partial charge in [0.05, 0.1) is 13.2 Å². The van der Waals surface area contributed by atoms with Crippen molar-refractivity contribution in [3.05, 3.63) is 11.2 Å². The zero-order chi connectivity index (χ0) is 15.2. The van der Waals surface area contributed by atoms with Crippen LogP contribution >= 0.6 is 11.6 Å². The molecule has 1 saturated heterocycles. The molecule has 0 bridgehead atoms. The molecule has 1 aliphatic heterocycles. The first-order valence-electron chi connectivity index (χ1n) is 7.12. The van der Waals surface area contributed by atoms with Crippen LogP contribution in [0.5, 0.6) is 0 Å². The lowest BCUT2D eigenvalue weighted by Crippen LogP contribution is -2.47. The van der Waals surface area contributed by atoms with E-state index < -0.39 is 0 Å². The third-order valence-corrected chi connectivity index (χ3v) is 3.64. The number of hydrogen-bond acceptors (Lipinski definition) is 7. The molecule has 0 aliphatic carbocycles. The van der Waals surface area contributed by atoms with E-state index in [0.29, 0.717) is 17.6 Å². The number of β-amino-alcohol motifs (C(OH)–C–C–N with tert-alkyl or cyclic N) is 1. The highest BCUT2D eigenvalue weighted by molar-refractivity contribution is 6.29. The number of rotatable bonds is 6. The number of nitrogens with zero attached hydrogens (tertiary/aromatic N) is 4. The van der Waals surface area contributed by atoms with Crippen molar-refractivity contribution < 1.29 is 10.2 Å². The van der Waals surface area contributed by atoms with E-state index >= 15 is 0 Å². The molecule has 1 fully saturated rings. The van der Waals surface area contributed by atoms with Crippen LogP contribution in [0.15, 0.2) is 6.07 Å². The Balaban J connectivity index is 2.03. The molecule has 3 N–H and O–H groups in total. The van der Waals surface area contributed by atoms with Crippen LogP contribution in [0.4, 0.5) is 11.8 Å². The molecule has 8 heteroatoms. The van der Waals surface area contributed by atoms with Gasteiger partial charge in [-0.15, -0.1) is 0 Å². The minimum absolute atomic E-state index is 0.00500. The molecule has 1 aliphatic rings. The molecule has 0 radical (unpaired) electrons. The van der Waals surface area contributed by atoms with Crippen molar-refractivity contribution in [2.24, 2.45) is 0 Å². The maximum absolute atomic E-state index is 9.08. The summed E-state index contributed by atoms with van der Waals surface area (Å²) in [7, 11) is 0. The van der Waals surface area contributed by atoms with E-state index in [2.05, 4.69) is 25.1 Å². The standard InChI is InChI=1S/C13H22ClN5O2/c1-10(9-21)15-13-16-11(14)8-12(17-13)19-4-2-18(3-5-19)6-7-20/h8,10,20-21H,2-7,9H2,1H3,(H,15,16,17). The predicted octanol–water partition coefficient (Wildman–Crippen LogP) is 0.0370. The molecule has 2 heterocycles. The minimum atomic E-state index is -0.127. The molecular formula is C13H22ClN5O2. The van der Waals surface area contributed by atoms with E-state index in [4.69, 9.17) is 21.8 Å². The summed E-state index contributed by atoms with van der Waals surface area (Å²) >= 11 is 6.05. The normalized spacial score (nSPS) is 17.8. The molecule has 7 nitrogen and oxygen atoms in total. The largest absolute Gasteiger partial charge is 0.395 e. The maximum Gasteiger partial charge on any atom is 0.226 e. The van der Waals surface area contributed by atoms with Gasteiger partial charge in [0.1, 0.15) is 11.0 Å². The summed E-state index contributed by atoms with van der Waals surface area (Å²) < 4.78 is 0. The van der Waals surface area contributed by atoms with E-state index in [0.717, 1.165) is 32.0 Å². The maximum atomic E-state index is 9.08. The van der Waals surface area contributed by atoms with Gasteiger partial charge in [0.2, 0.25) is 5.95 Å². The van der Waals surface area contributed by atoms with Crippen molar-refractivity contribution in [3.8, 4) is 0 Å². The van der Waals surface area contributed by atoms with Gasteiger partial charge in [-0.2, -0.15) is 4.98 Å². The fourth-order valence-corrected chi connectivity index (χ4v) is 2.42.